The predicted molar refractivity (Wildman–Crippen MR) is 224 cm³/mol. The van der Waals surface area contributed by atoms with Crippen LogP contribution in [0.1, 0.15) is 100 Å². The van der Waals surface area contributed by atoms with Gasteiger partial charge in [-0.15, -0.1) is 0 Å². The predicted octanol–water partition coefficient (Wildman–Crippen LogP) is 6.01. The smallest absolute Gasteiger partial charge is 0.255 e. The van der Waals surface area contributed by atoms with Crippen molar-refractivity contribution < 1.29 is 19.5 Å². The Bertz CT molecular complexity index is 2190. The largest absolute Gasteiger partial charge is 0.508 e. The number of carbonyl (C=O) groups excluding carboxylic acids is 3. The third-order valence-electron chi connectivity index (χ3n) is 14.2. The van der Waals surface area contributed by atoms with Gasteiger partial charge in [0.05, 0.1) is 12.8 Å². The van der Waals surface area contributed by atoms with E-state index in [9.17, 15) is 19.5 Å². The lowest BCUT2D eigenvalue weighted by atomic mass is 9.69. The van der Waals surface area contributed by atoms with Gasteiger partial charge in [0.15, 0.2) is 0 Å². The van der Waals surface area contributed by atoms with Gasteiger partial charge in [0.2, 0.25) is 11.8 Å². The summed E-state index contributed by atoms with van der Waals surface area (Å²) in [5.74, 6) is 0.816. The number of imide groups is 1. The van der Waals surface area contributed by atoms with E-state index in [1.807, 2.05) is 18.2 Å². The minimum Gasteiger partial charge on any atom is -0.508 e. The molecular formula is C48H54N6O4. The molecule has 0 bridgehead atoms. The van der Waals surface area contributed by atoms with E-state index in [1.165, 1.54) is 47.1 Å². The highest BCUT2D eigenvalue weighted by atomic mass is 16.3. The fraction of sp³-hybridized carbons (Fsp3) is 0.438. The molecule has 4 aromatic rings. The van der Waals surface area contributed by atoms with Crippen LogP contribution in [0.3, 0.4) is 0 Å². The Morgan fingerprint density at radius 1 is 0.707 bits per heavy atom. The van der Waals surface area contributed by atoms with Crippen molar-refractivity contribution in [1.29, 1.82) is 0 Å². The summed E-state index contributed by atoms with van der Waals surface area (Å²) in [7, 11) is 0. The quantitative estimate of drug-likeness (QED) is 0.210. The molecule has 6 aliphatic rings. The molecule has 2 N–H and O–H groups in total. The van der Waals surface area contributed by atoms with Crippen LogP contribution in [-0.4, -0.2) is 107 Å². The summed E-state index contributed by atoms with van der Waals surface area (Å²) in [6.07, 6.45) is 6.89. The maximum Gasteiger partial charge on any atom is 0.255 e. The Morgan fingerprint density at radius 3 is 2.29 bits per heavy atom. The molecule has 58 heavy (non-hydrogen) atoms. The van der Waals surface area contributed by atoms with Gasteiger partial charge in [0.1, 0.15) is 11.8 Å². The van der Waals surface area contributed by atoms with Crippen LogP contribution in [0.15, 0.2) is 91.0 Å². The number of piperazine rings is 1. The number of likely N-dealkylation sites (tertiary alicyclic amines) is 2. The van der Waals surface area contributed by atoms with Gasteiger partial charge >= 0.3 is 0 Å². The van der Waals surface area contributed by atoms with Gasteiger partial charge < -0.3 is 14.9 Å². The number of rotatable bonds is 8. The summed E-state index contributed by atoms with van der Waals surface area (Å²) in [6.45, 7) is 8.68. The topological polar surface area (TPSA) is 99.7 Å². The first-order chi connectivity index (χ1) is 28.4. The number of piperidine rings is 2. The van der Waals surface area contributed by atoms with Gasteiger partial charge in [0.25, 0.3) is 5.91 Å². The minimum atomic E-state index is -0.588. The normalized spacial score (nSPS) is 26.9. The lowest BCUT2D eigenvalue weighted by molar-refractivity contribution is -0.136. The molecular weight excluding hydrogens is 725 g/mol. The number of benzene rings is 4. The van der Waals surface area contributed by atoms with Gasteiger partial charge in [-0.3, -0.25) is 34.4 Å². The highest BCUT2D eigenvalue weighted by Gasteiger charge is 2.40. The second kappa shape index (κ2) is 15.6. The van der Waals surface area contributed by atoms with Crippen LogP contribution in [0.4, 0.5) is 5.69 Å². The third kappa shape index (κ3) is 7.09. The van der Waals surface area contributed by atoms with Crippen molar-refractivity contribution in [2.45, 2.75) is 81.5 Å². The zero-order valence-electron chi connectivity index (χ0n) is 33.3. The van der Waals surface area contributed by atoms with Crippen LogP contribution < -0.4 is 10.2 Å². The molecule has 0 aromatic heterocycles. The maximum atomic E-state index is 13.2. The molecule has 10 heteroatoms. The average molecular weight is 779 g/mol. The molecule has 1 aliphatic carbocycles. The average Bonchev–Trinajstić information content (AvgIpc) is 3.57. The molecule has 4 fully saturated rings. The van der Waals surface area contributed by atoms with E-state index in [4.69, 9.17) is 0 Å². The van der Waals surface area contributed by atoms with Crippen LogP contribution in [0.2, 0.25) is 0 Å². The number of carbonyl (C=O) groups is 3. The monoisotopic (exact) mass is 778 g/mol. The first kappa shape index (κ1) is 37.3. The maximum absolute atomic E-state index is 13.2. The Morgan fingerprint density at radius 2 is 1.52 bits per heavy atom. The number of aryl methyl sites for hydroxylation is 1. The molecule has 0 radical (unpaired) electrons. The number of nitrogens with zero attached hydrogens (tertiary/aromatic N) is 5. The zero-order valence-corrected chi connectivity index (χ0v) is 33.3. The highest BCUT2D eigenvalue weighted by Crippen LogP contribution is 2.47. The molecule has 10 nitrogen and oxygen atoms in total. The second-order valence-electron chi connectivity index (χ2n) is 17.5. The molecule has 0 saturated carbocycles. The Labute approximate surface area is 341 Å². The van der Waals surface area contributed by atoms with Gasteiger partial charge in [-0.25, -0.2) is 0 Å². The molecule has 3 amide bonds. The molecule has 4 saturated heterocycles. The van der Waals surface area contributed by atoms with Gasteiger partial charge in [-0.1, -0.05) is 60.7 Å². The van der Waals surface area contributed by atoms with E-state index in [1.54, 1.807) is 4.90 Å². The van der Waals surface area contributed by atoms with E-state index < -0.39 is 6.04 Å². The molecule has 5 atom stereocenters. The van der Waals surface area contributed by atoms with Gasteiger partial charge in [-0.2, -0.15) is 0 Å². The summed E-state index contributed by atoms with van der Waals surface area (Å²) >= 11 is 0. The number of hydrogen-bond acceptors (Lipinski definition) is 8. The summed E-state index contributed by atoms with van der Waals surface area (Å²) in [5, 5.41) is 12.7. The molecule has 5 aliphatic heterocycles. The Hall–Kier alpha value is -5.03. The third-order valence-corrected chi connectivity index (χ3v) is 14.2. The molecule has 0 spiro atoms. The fourth-order valence-corrected chi connectivity index (χ4v) is 11.0. The van der Waals surface area contributed by atoms with Gasteiger partial charge in [-0.05, 0) is 121 Å². The van der Waals surface area contributed by atoms with Crippen LogP contribution in [0.5, 0.6) is 5.75 Å². The summed E-state index contributed by atoms with van der Waals surface area (Å²) in [5.41, 5.74) is 9.59. The molecule has 1 unspecified atom stereocenters. The van der Waals surface area contributed by atoms with Crippen molar-refractivity contribution >= 4 is 23.4 Å². The molecule has 300 valence electrons. The Kier molecular flexibility index (Phi) is 10.0. The van der Waals surface area contributed by atoms with Crippen molar-refractivity contribution in [3.63, 3.8) is 0 Å². The van der Waals surface area contributed by atoms with Crippen molar-refractivity contribution in [3.05, 3.63) is 130 Å². The van der Waals surface area contributed by atoms with E-state index in [0.29, 0.717) is 42.3 Å². The second-order valence-corrected chi connectivity index (χ2v) is 17.5. The lowest BCUT2D eigenvalue weighted by Crippen LogP contribution is -2.63. The van der Waals surface area contributed by atoms with E-state index in [-0.39, 0.29) is 30.1 Å². The number of anilines is 1. The van der Waals surface area contributed by atoms with Crippen LogP contribution in [-0.2, 0) is 22.6 Å². The summed E-state index contributed by atoms with van der Waals surface area (Å²) < 4.78 is 0. The number of amides is 3. The number of aromatic hydroxyl groups is 1. The zero-order chi connectivity index (χ0) is 39.3. The standard InChI is InChI=1S/C48H54N6O4/c55-39-14-17-41-35(28-39)12-15-40(33-5-2-1-3-6-33)46(41)34-10-8-32(9-11-34)36-7-4-21-52(29-36)45-20-22-53(45)31-50-23-25-51(26-24-50)38-13-16-42-37(27-38)30-54(48(42)58)43-18-19-44(56)49-47(43)57/h1-3,5-6,8-11,13-14,16-17,27-28,36,40,43,45-46,55H,4,7,12,15,18-26,29-31H2,(H,49,56,57)/t36-,40-,43?,45+,46-/m1/s1. The van der Waals surface area contributed by atoms with Crippen molar-refractivity contribution in [2.75, 3.05) is 57.4 Å². The number of phenols is 1. The molecule has 5 heterocycles. The summed E-state index contributed by atoms with van der Waals surface area (Å²) in [4.78, 5) is 49.5. The molecule has 4 aromatic carbocycles. The number of nitrogens with one attached hydrogen (secondary N) is 1. The number of fused-ring (bicyclic) bond motifs is 2. The van der Waals surface area contributed by atoms with Crippen molar-refractivity contribution in [3.8, 4) is 5.75 Å². The van der Waals surface area contributed by atoms with Crippen molar-refractivity contribution in [1.82, 2.24) is 24.9 Å². The van der Waals surface area contributed by atoms with Crippen LogP contribution >= 0.6 is 0 Å². The minimum absolute atomic E-state index is 0.121. The first-order valence-corrected chi connectivity index (χ1v) is 21.6. The van der Waals surface area contributed by atoms with Crippen LogP contribution in [0, 0.1) is 0 Å². The number of hydrogen-bond donors (Lipinski definition) is 2. The van der Waals surface area contributed by atoms with E-state index in [2.05, 4.69) is 97.7 Å². The van der Waals surface area contributed by atoms with Crippen LogP contribution in [0.25, 0.3) is 0 Å². The van der Waals surface area contributed by atoms with Crippen molar-refractivity contribution in [2.24, 2.45) is 0 Å². The molecule has 10 rings (SSSR count). The Balaban J connectivity index is 0.747. The highest BCUT2D eigenvalue weighted by molar-refractivity contribution is 6.05. The first-order valence-electron chi connectivity index (χ1n) is 21.6. The lowest BCUT2D eigenvalue weighted by Gasteiger charge is -2.51. The number of phenolic OH excluding ortho intramolecular Hbond substituents is 1. The van der Waals surface area contributed by atoms with Gasteiger partial charge in [0, 0.05) is 69.4 Å². The van der Waals surface area contributed by atoms with E-state index >= 15 is 0 Å². The van der Waals surface area contributed by atoms with E-state index in [0.717, 1.165) is 76.6 Å². The SMILES string of the molecule is O=C1CCC(N2Cc3cc(N4CCN(CN5CC[C@H]5N5CCC[C@@H](c6ccc([C@H]7c8ccc(O)cc8CC[C@@H]7c7ccccc7)cc6)C5)CC4)ccc3C2=O)C(=O)N1. The fourth-order valence-electron chi connectivity index (χ4n) is 11.0. The summed E-state index contributed by atoms with van der Waals surface area (Å²) in [6, 6.07) is 32.1.